The summed E-state index contributed by atoms with van der Waals surface area (Å²) >= 11 is 0. The van der Waals surface area contributed by atoms with Gasteiger partial charge in [0.2, 0.25) is 17.8 Å². The smallest absolute Gasteiger partial charge is 0.357 e. The maximum atomic E-state index is 4.03. The van der Waals surface area contributed by atoms with Crippen LogP contribution in [0.2, 0.25) is 0 Å². The molecule has 0 spiro atoms. The third-order valence-corrected chi connectivity index (χ3v) is 1.31. The molecule has 0 saturated carbocycles. The third kappa shape index (κ3) is 1.71. The van der Waals surface area contributed by atoms with E-state index in [1.807, 2.05) is 0 Å². The summed E-state index contributed by atoms with van der Waals surface area (Å²) < 4.78 is 0. The van der Waals surface area contributed by atoms with E-state index in [4.69, 9.17) is 0 Å². The zero-order chi connectivity index (χ0) is 8.97. The van der Waals surface area contributed by atoms with Gasteiger partial charge in [0.25, 0.3) is 0 Å². The lowest BCUT2D eigenvalue weighted by atomic mass is 10.8. The van der Waals surface area contributed by atoms with Crippen LogP contribution < -0.4 is 16.0 Å². The summed E-state index contributed by atoms with van der Waals surface area (Å²) in [6.45, 7) is 0. The van der Waals surface area contributed by atoms with E-state index in [9.17, 15) is 0 Å². The predicted octanol–water partition coefficient (Wildman–Crippen LogP) is 0.109. The molecule has 0 bridgehead atoms. The van der Waals surface area contributed by atoms with Gasteiger partial charge in [-0.1, -0.05) is 0 Å². The first-order valence-electron chi connectivity index (χ1n) is 3.59. The lowest BCUT2D eigenvalue weighted by molar-refractivity contribution is 1.04. The van der Waals surface area contributed by atoms with Gasteiger partial charge in [0.15, 0.2) is 0 Å². The molecule has 0 saturated heterocycles. The molecule has 0 atom stereocenters. The largest absolute Gasteiger partial charge is 1.00 e. The predicted molar refractivity (Wildman–Crippen MR) is 49.6 cm³/mol. The van der Waals surface area contributed by atoms with Crippen LogP contribution in [0.1, 0.15) is 1.43 Å². The molecule has 12 heavy (non-hydrogen) atoms. The Hall–Kier alpha value is -1.59. The highest BCUT2D eigenvalue weighted by atomic mass is 15.3. The number of nitrogens with one attached hydrogen (secondary N) is 3. The Morgan fingerprint density at radius 3 is 1.17 bits per heavy atom. The normalized spacial score (nSPS) is 9.25. The summed E-state index contributed by atoms with van der Waals surface area (Å²) in [5.74, 6) is 1.62. The molecule has 0 unspecified atom stereocenters. The van der Waals surface area contributed by atoms with Crippen LogP contribution in [-0.4, -0.2) is 36.1 Å². The molecule has 3 N–H and O–H groups in total. The number of hydrogen-bond donors (Lipinski definition) is 3. The van der Waals surface area contributed by atoms with Gasteiger partial charge in [-0.05, 0) is 0 Å². The fourth-order valence-corrected chi connectivity index (χ4v) is 0.711. The van der Waals surface area contributed by atoms with Crippen LogP contribution in [0.25, 0.3) is 0 Å². The van der Waals surface area contributed by atoms with Crippen molar-refractivity contribution in [2.75, 3.05) is 37.1 Å². The highest BCUT2D eigenvalue weighted by Gasteiger charge is 2.00. The van der Waals surface area contributed by atoms with E-state index >= 15 is 0 Å². The van der Waals surface area contributed by atoms with E-state index in [2.05, 4.69) is 30.9 Å². The molecule has 1 aromatic heterocycles. The minimum atomic E-state index is 0. The van der Waals surface area contributed by atoms with Crippen molar-refractivity contribution in [3.05, 3.63) is 0 Å². The molecular formula is C6H13N6+. The minimum Gasteiger partial charge on any atom is -0.357 e. The van der Waals surface area contributed by atoms with Crippen LogP contribution in [0.4, 0.5) is 17.8 Å². The average Bonchev–Trinajstić information content (AvgIpc) is 2.16. The molecule has 1 heterocycles. The molecular weight excluding hydrogens is 156 g/mol. The van der Waals surface area contributed by atoms with Gasteiger partial charge in [-0.3, -0.25) is 0 Å². The average molecular weight is 169 g/mol. The molecule has 1 rings (SSSR count). The second kappa shape index (κ2) is 3.70. The Kier molecular flexibility index (Phi) is 2.62. The standard InChI is InChI=1S/C6H12N6/c1-7-4-10-5(8-2)12-6(9-3)11-4/h1-3H3,(H3,7,8,9,10,11,12)/p+1. The van der Waals surface area contributed by atoms with Gasteiger partial charge in [0.05, 0.1) is 0 Å². The van der Waals surface area contributed by atoms with Crippen molar-refractivity contribution in [3.63, 3.8) is 0 Å². The number of rotatable bonds is 3. The Morgan fingerprint density at radius 1 is 0.750 bits per heavy atom. The summed E-state index contributed by atoms with van der Waals surface area (Å²) in [6, 6.07) is 0. The zero-order valence-electron chi connectivity index (χ0n) is 8.34. The topological polar surface area (TPSA) is 74.8 Å². The third-order valence-electron chi connectivity index (χ3n) is 1.31. The molecule has 0 aliphatic rings. The first-order valence-corrected chi connectivity index (χ1v) is 3.59. The Labute approximate surface area is 72.3 Å². The van der Waals surface area contributed by atoms with E-state index in [1.54, 1.807) is 21.1 Å². The lowest BCUT2D eigenvalue weighted by Gasteiger charge is -2.04. The van der Waals surface area contributed by atoms with Crippen molar-refractivity contribution < 1.29 is 1.43 Å². The molecule has 0 fully saturated rings. The summed E-state index contributed by atoms with van der Waals surface area (Å²) in [5.41, 5.74) is 0. The van der Waals surface area contributed by atoms with Gasteiger partial charge >= 0.3 is 1.43 Å². The molecule has 0 aliphatic heterocycles. The quantitative estimate of drug-likeness (QED) is 0.596. The number of nitrogens with zero attached hydrogens (tertiary/aromatic N) is 3. The van der Waals surface area contributed by atoms with E-state index in [1.165, 1.54) is 0 Å². The van der Waals surface area contributed by atoms with Crippen LogP contribution >= 0.6 is 0 Å². The summed E-state index contributed by atoms with van der Waals surface area (Å²) in [4.78, 5) is 12.1. The van der Waals surface area contributed by atoms with E-state index in [-0.39, 0.29) is 1.43 Å². The second-order valence-corrected chi connectivity index (χ2v) is 2.06. The molecule has 1 aromatic rings. The SMILES string of the molecule is CNc1nc(NC)nc(NC)n1.[H+]. The molecule has 0 aliphatic carbocycles. The lowest BCUT2D eigenvalue weighted by Crippen LogP contribution is -2.06. The highest BCUT2D eigenvalue weighted by molar-refractivity contribution is 5.40. The molecule has 6 heteroatoms. The van der Waals surface area contributed by atoms with Crippen molar-refractivity contribution in [3.8, 4) is 0 Å². The Morgan fingerprint density at radius 2 is 1.00 bits per heavy atom. The van der Waals surface area contributed by atoms with Gasteiger partial charge in [0, 0.05) is 21.1 Å². The van der Waals surface area contributed by atoms with Crippen molar-refractivity contribution in [1.82, 2.24) is 15.0 Å². The zero-order valence-corrected chi connectivity index (χ0v) is 7.34. The first kappa shape index (κ1) is 8.51. The minimum absolute atomic E-state index is 0. The summed E-state index contributed by atoms with van der Waals surface area (Å²) in [6.07, 6.45) is 0. The monoisotopic (exact) mass is 169 g/mol. The van der Waals surface area contributed by atoms with Crippen molar-refractivity contribution >= 4 is 17.8 Å². The maximum absolute atomic E-state index is 4.03. The van der Waals surface area contributed by atoms with Crippen LogP contribution in [0.5, 0.6) is 0 Å². The highest BCUT2D eigenvalue weighted by Crippen LogP contribution is 2.06. The number of anilines is 3. The Bertz CT molecular complexity index is 210. The summed E-state index contributed by atoms with van der Waals surface area (Å²) in [7, 11) is 5.27. The number of aromatic nitrogens is 3. The van der Waals surface area contributed by atoms with E-state index in [0.29, 0.717) is 17.8 Å². The summed E-state index contributed by atoms with van der Waals surface area (Å²) in [5, 5.41) is 8.50. The number of hydrogen-bond acceptors (Lipinski definition) is 6. The molecule has 0 aromatic carbocycles. The van der Waals surface area contributed by atoms with Crippen LogP contribution in [0.15, 0.2) is 0 Å². The maximum Gasteiger partial charge on any atom is 1.00 e. The van der Waals surface area contributed by atoms with Crippen LogP contribution in [0, 0.1) is 0 Å². The Balaban J connectivity index is 0.00000144. The van der Waals surface area contributed by atoms with Gasteiger partial charge in [0.1, 0.15) is 0 Å². The van der Waals surface area contributed by atoms with Crippen LogP contribution in [0.3, 0.4) is 0 Å². The molecule has 6 nitrogen and oxygen atoms in total. The molecule has 66 valence electrons. The van der Waals surface area contributed by atoms with E-state index in [0.717, 1.165) is 0 Å². The van der Waals surface area contributed by atoms with Crippen molar-refractivity contribution in [1.29, 1.82) is 0 Å². The van der Waals surface area contributed by atoms with Gasteiger partial charge in [-0.15, -0.1) is 0 Å². The van der Waals surface area contributed by atoms with Crippen molar-refractivity contribution in [2.45, 2.75) is 0 Å². The fraction of sp³-hybridized carbons (Fsp3) is 0.500. The molecule has 0 amide bonds. The molecule has 0 radical (unpaired) electrons. The van der Waals surface area contributed by atoms with Gasteiger partial charge in [-0.2, -0.15) is 15.0 Å². The first-order chi connectivity index (χ1) is 5.80. The second-order valence-electron chi connectivity index (χ2n) is 2.06. The van der Waals surface area contributed by atoms with Crippen molar-refractivity contribution in [2.24, 2.45) is 0 Å². The van der Waals surface area contributed by atoms with Gasteiger partial charge < -0.3 is 16.0 Å². The van der Waals surface area contributed by atoms with Gasteiger partial charge in [-0.25, -0.2) is 0 Å². The fourth-order valence-electron chi connectivity index (χ4n) is 0.711. The van der Waals surface area contributed by atoms with Crippen LogP contribution in [-0.2, 0) is 0 Å². The van der Waals surface area contributed by atoms with E-state index < -0.39 is 0 Å².